The molecule has 0 aliphatic rings. The van der Waals surface area contributed by atoms with E-state index in [9.17, 15) is 5.11 Å². The van der Waals surface area contributed by atoms with E-state index in [4.69, 9.17) is 9.84 Å². The molecule has 4 nitrogen and oxygen atoms in total. The van der Waals surface area contributed by atoms with Gasteiger partial charge in [0.05, 0.1) is 6.61 Å². The zero-order valence-corrected chi connectivity index (χ0v) is 12.3. The number of benzene rings is 1. The molecule has 0 amide bonds. The number of hydrogen-bond donors (Lipinski definition) is 3. The molecule has 1 aromatic rings. The highest BCUT2D eigenvalue weighted by Gasteiger charge is 2.12. The molecule has 0 spiro atoms. The van der Waals surface area contributed by atoms with Crippen molar-refractivity contribution in [1.82, 2.24) is 5.32 Å². The van der Waals surface area contributed by atoms with Crippen LogP contribution < -0.4 is 10.1 Å². The van der Waals surface area contributed by atoms with Gasteiger partial charge in [-0.1, -0.05) is 28.9 Å². The first kappa shape index (κ1) is 15.4. The Kier molecular flexibility index (Phi) is 6.63. The largest absolute Gasteiger partial charge is 0.490 e. The van der Waals surface area contributed by atoms with Crippen molar-refractivity contribution in [2.45, 2.75) is 26.0 Å². The predicted molar refractivity (Wildman–Crippen MR) is 74.8 cm³/mol. The Morgan fingerprint density at radius 3 is 2.78 bits per heavy atom. The molecule has 5 heteroatoms. The number of ether oxygens (including phenoxy) is 1. The summed E-state index contributed by atoms with van der Waals surface area (Å²) in [6.45, 7) is 4.76. The molecule has 0 saturated carbocycles. The molecule has 0 heterocycles. The van der Waals surface area contributed by atoms with E-state index >= 15 is 0 Å². The van der Waals surface area contributed by atoms with E-state index in [-0.39, 0.29) is 19.3 Å². The summed E-state index contributed by atoms with van der Waals surface area (Å²) in [5.41, 5.74) is 1.03. The predicted octanol–water partition coefficient (Wildman–Crippen LogP) is 1.85. The van der Waals surface area contributed by atoms with Crippen molar-refractivity contribution in [3.05, 3.63) is 28.2 Å². The van der Waals surface area contributed by atoms with Crippen LogP contribution in [0, 0.1) is 0 Å². The van der Waals surface area contributed by atoms with E-state index in [2.05, 4.69) is 28.2 Å². The molecule has 0 aromatic heterocycles. The highest BCUT2D eigenvalue weighted by Crippen LogP contribution is 2.28. The minimum atomic E-state index is -0.855. The van der Waals surface area contributed by atoms with Crippen molar-refractivity contribution in [2.24, 2.45) is 0 Å². The molecular formula is C13H20BrNO3. The highest BCUT2D eigenvalue weighted by atomic mass is 79.9. The van der Waals surface area contributed by atoms with Crippen LogP contribution >= 0.6 is 15.9 Å². The van der Waals surface area contributed by atoms with Gasteiger partial charge >= 0.3 is 0 Å². The number of hydrogen-bond acceptors (Lipinski definition) is 4. The van der Waals surface area contributed by atoms with Gasteiger partial charge in [-0.15, -0.1) is 0 Å². The summed E-state index contributed by atoms with van der Waals surface area (Å²) in [6, 6.07) is 5.98. The van der Waals surface area contributed by atoms with Crippen LogP contribution in [0.15, 0.2) is 22.7 Å². The van der Waals surface area contributed by atoms with Gasteiger partial charge in [-0.25, -0.2) is 0 Å². The number of nitrogens with one attached hydrogen (secondary N) is 1. The lowest BCUT2D eigenvalue weighted by Gasteiger charge is -2.19. The SMILES string of the molecule is CCNC(C)c1ccc(Br)cc1OCC(O)CO. The number of aliphatic hydroxyl groups excluding tert-OH is 2. The summed E-state index contributed by atoms with van der Waals surface area (Å²) in [5, 5.41) is 21.4. The maximum atomic E-state index is 9.32. The Morgan fingerprint density at radius 1 is 1.44 bits per heavy atom. The average Bonchev–Trinajstić information content (AvgIpc) is 2.36. The normalized spacial score (nSPS) is 14.3. The molecule has 0 aliphatic carbocycles. The third kappa shape index (κ3) is 4.57. The van der Waals surface area contributed by atoms with Gasteiger partial charge in [0.1, 0.15) is 18.5 Å². The van der Waals surface area contributed by atoms with Crippen molar-refractivity contribution in [2.75, 3.05) is 19.8 Å². The van der Waals surface area contributed by atoms with Crippen LogP contribution in [0.3, 0.4) is 0 Å². The summed E-state index contributed by atoms with van der Waals surface area (Å²) in [4.78, 5) is 0. The van der Waals surface area contributed by atoms with E-state index in [0.717, 1.165) is 16.6 Å². The number of halogens is 1. The lowest BCUT2D eigenvalue weighted by molar-refractivity contribution is 0.0531. The summed E-state index contributed by atoms with van der Waals surface area (Å²) in [6.07, 6.45) is -0.855. The number of aliphatic hydroxyl groups is 2. The lowest BCUT2D eigenvalue weighted by Crippen LogP contribution is -2.23. The molecule has 0 bridgehead atoms. The molecule has 1 rings (SSSR count). The fraction of sp³-hybridized carbons (Fsp3) is 0.538. The summed E-state index contributed by atoms with van der Waals surface area (Å²) < 4.78 is 6.48. The molecule has 18 heavy (non-hydrogen) atoms. The zero-order chi connectivity index (χ0) is 13.5. The molecule has 2 unspecified atom stereocenters. The van der Waals surface area contributed by atoms with Crippen LogP contribution in [0.1, 0.15) is 25.5 Å². The van der Waals surface area contributed by atoms with Crippen molar-refractivity contribution < 1.29 is 14.9 Å². The van der Waals surface area contributed by atoms with Crippen LogP contribution in [0.25, 0.3) is 0 Å². The Bertz CT molecular complexity index is 373. The molecule has 102 valence electrons. The van der Waals surface area contributed by atoms with E-state index in [1.807, 2.05) is 25.1 Å². The van der Waals surface area contributed by atoms with Crippen LogP contribution in [0.5, 0.6) is 5.75 Å². The molecule has 2 atom stereocenters. The average molecular weight is 318 g/mol. The van der Waals surface area contributed by atoms with Gasteiger partial charge in [-0.05, 0) is 25.6 Å². The maximum Gasteiger partial charge on any atom is 0.125 e. The molecule has 0 saturated heterocycles. The third-order valence-corrected chi connectivity index (χ3v) is 3.09. The van der Waals surface area contributed by atoms with Gasteiger partial charge in [0, 0.05) is 16.1 Å². The van der Waals surface area contributed by atoms with Crippen LogP contribution in [-0.4, -0.2) is 36.1 Å². The summed E-state index contributed by atoms with van der Waals surface area (Å²) >= 11 is 3.40. The molecular weight excluding hydrogens is 298 g/mol. The topological polar surface area (TPSA) is 61.7 Å². The highest BCUT2D eigenvalue weighted by molar-refractivity contribution is 9.10. The van der Waals surface area contributed by atoms with E-state index in [1.54, 1.807) is 0 Å². The standard InChI is InChI=1S/C13H20BrNO3/c1-3-15-9(2)12-5-4-10(14)6-13(12)18-8-11(17)7-16/h4-6,9,11,15-17H,3,7-8H2,1-2H3. The summed E-state index contributed by atoms with van der Waals surface area (Å²) in [7, 11) is 0. The fourth-order valence-electron chi connectivity index (χ4n) is 1.65. The second-order valence-corrected chi connectivity index (χ2v) is 5.02. The van der Waals surface area contributed by atoms with Crippen LogP contribution in [0.2, 0.25) is 0 Å². The molecule has 0 fully saturated rings. The van der Waals surface area contributed by atoms with Crippen molar-refractivity contribution >= 4 is 15.9 Å². The Balaban J connectivity index is 2.82. The minimum Gasteiger partial charge on any atom is -0.490 e. The van der Waals surface area contributed by atoms with Gasteiger partial charge in [0.15, 0.2) is 0 Å². The first-order valence-corrected chi connectivity index (χ1v) is 6.82. The minimum absolute atomic E-state index is 0.0821. The van der Waals surface area contributed by atoms with Gasteiger partial charge in [-0.2, -0.15) is 0 Å². The lowest BCUT2D eigenvalue weighted by atomic mass is 10.1. The molecule has 1 aromatic carbocycles. The van der Waals surface area contributed by atoms with Crippen molar-refractivity contribution in [3.63, 3.8) is 0 Å². The van der Waals surface area contributed by atoms with E-state index < -0.39 is 6.10 Å². The van der Waals surface area contributed by atoms with Gasteiger partial charge in [0.25, 0.3) is 0 Å². The first-order valence-electron chi connectivity index (χ1n) is 6.03. The number of rotatable bonds is 7. The van der Waals surface area contributed by atoms with Gasteiger partial charge in [0.2, 0.25) is 0 Å². The summed E-state index contributed by atoms with van der Waals surface area (Å²) in [5.74, 6) is 0.713. The van der Waals surface area contributed by atoms with E-state index in [1.165, 1.54) is 0 Å². The molecule has 3 N–H and O–H groups in total. The molecule has 0 radical (unpaired) electrons. The van der Waals surface area contributed by atoms with Crippen molar-refractivity contribution in [3.8, 4) is 5.75 Å². The first-order chi connectivity index (χ1) is 8.58. The quantitative estimate of drug-likeness (QED) is 0.718. The van der Waals surface area contributed by atoms with Crippen LogP contribution in [-0.2, 0) is 0 Å². The second kappa shape index (κ2) is 7.74. The molecule has 0 aliphatic heterocycles. The maximum absolute atomic E-state index is 9.32. The van der Waals surface area contributed by atoms with Gasteiger partial charge < -0.3 is 20.3 Å². The monoisotopic (exact) mass is 317 g/mol. The second-order valence-electron chi connectivity index (χ2n) is 4.11. The Labute approximate surface area is 116 Å². The third-order valence-electron chi connectivity index (χ3n) is 2.59. The smallest absolute Gasteiger partial charge is 0.125 e. The zero-order valence-electron chi connectivity index (χ0n) is 10.7. The van der Waals surface area contributed by atoms with Crippen molar-refractivity contribution in [1.29, 1.82) is 0 Å². The van der Waals surface area contributed by atoms with Crippen LogP contribution in [0.4, 0.5) is 0 Å². The van der Waals surface area contributed by atoms with Gasteiger partial charge in [-0.3, -0.25) is 0 Å². The van der Waals surface area contributed by atoms with E-state index in [0.29, 0.717) is 5.75 Å². The fourth-order valence-corrected chi connectivity index (χ4v) is 1.99. The Hall–Kier alpha value is -0.620. The Morgan fingerprint density at radius 2 is 2.17 bits per heavy atom.